The van der Waals surface area contributed by atoms with E-state index in [1.165, 1.54) is 30.0 Å². The van der Waals surface area contributed by atoms with Gasteiger partial charge in [-0.15, -0.1) is 11.8 Å². The molecule has 0 aliphatic carbocycles. The Labute approximate surface area is 295 Å². The second kappa shape index (κ2) is 16.4. The number of anilines is 2. The maximum Gasteiger partial charge on any atom is 0.272 e. The van der Waals surface area contributed by atoms with Crippen molar-refractivity contribution >= 4 is 52.6 Å². The molecule has 3 N–H and O–H groups in total. The van der Waals surface area contributed by atoms with Gasteiger partial charge in [0.05, 0.1) is 4.92 Å². The van der Waals surface area contributed by atoms with Gasteiger partial charge >= 0.3 is 0 Å². The molecule has 0 aliphatic heterocycles. The number of carbonyl (C=O) groups is 3. The lowest BCUT2D eigenvalue weighted by atomic mass is 10.0. The van der Waals surface area contributed by atoms with Crippen LogP contribution in [0.5, 0.6) is 0 Å². The molecule has 0 aromatic heterocycles. The van der Waals surface area contributed by atoms with Crippen LogP contribution < -0.4 is 16.0 Å². The van der Waals surface area contributed by atoms with Crippen LogP contribution in [0.3, 0.4) is 0 Å². The molecule has 50 heavy (non-hydrogen) atoms. The molecule has 0 fully saturated rings. The number of nitrogens with one attached hydrogen (secondary N) is 3. The van der Waals surface area contributed by atoms with E-state index in [0.29, 0.717) is 28.4 Å². The zero-order chi connectivity index (χ0) is 35.6. The number of nitro benzene ring substituents is 1. The van der Waals surface area contributed by atoms with Crippen molar-refractivity contribution in [3.8, 4) is 0 Å². The van der Waals surface area contributed by atoms with Gasteiger partial charge < -0.3 is 16.0 Å². The lowest BCUT2D eigenvalue weighted by Crippen LogP contribution is -2.30. The zero-order valence-electron chi connectivity index (χ0n) is 27.8. The fraction of sp³-hybridized carbons (Fsp3) is 0.125. The molecule has 0 saturated carbocycles. The minimum absolute atomic E-state index is 0.0526. The summed E-state index contributed by atoms with van der Waals surface area (Å²) >= 11 is 1.33. The summed E-state index contributed by atoms with van der Waals surface area (Å²) in [6.07, 6.45) is 1.64. The molecule has 0 bridgehead atoms. The number of carbonyl (C=O) groups excluding carboxylic acids is 3. The smallest absolute Gasteiger partial charge is 0.272 e. The minimum atomic E-state index is -0.643. The third-order valence-corrected chi connectivity index (χ3v) is 9.09. The number of hydrogen-bond acceptors (Lipinski definition) is 6. The Bertz CT molecular complexity index is 2010. The first-order chi connectivity index (χ1) is 24.1. The van der Waals surface area contributed by atoms with E-state index in [9.17, 15) is 24.5 Å². The highest BCUT2D eigenvalue weighted by atomic mass is 32.2. The lowest BCUT2D eigenvalue weighted by molar-refractivity contribution is -0.384. The van der Waals surface area contributed by atoms with Gasteiger partial charge in [-0.05, 0) is 83.6 Å². The predicted octanol–water partition coefficient (Wildman–Crippen LogP) is 8.91. The second-order valence-electron chi connectivity index (χ2n) is 11.8. The fourth-order valence-electron chi connectivity index (χ4n) is 5.04. The standard InChI is InChI=1S/C40H36N4O5S/c1-26(2)29-16-14-28(15-17-29)25-36(43-38(45)31-12-8-5-9-13-31)39(46)41-32-18-21-34(22-19-32)50-37(30-10-6-4-7-11-30)40(47)42-35-23-20-33(44(48)49)24-27(35)3/h4-26,37H,1-3H3,(H,41,46)(H,42,47)(H,43,45)/b36-25-. The molecular weight excluding hydrogens is 649 g/mol. The van der Waals surface area contributed by atoms with E-state index in [1.54, 1.807) is 61.5 Å². The monoisotopic (exact) mass is 684 g/mol. The van der Waals surface area contributed by atoms with Crippen molar-refractivity contribution in [2.45, 2.75) is 36.8 Å². The van der Waals surface area contributed by atoms with Crippen LogP contribution in [0.4, 0.5) is 17.1 Å². The third kappa shape index (κ3) is 9.33. The van der Waals surface area contributed by atoms with E-state index in [2.05, 4.69) is 29.8 Å². The van der Waals surface area contributed by atoms with Gasteiger partial charge in [0.2, 0.25) is 5.91 Å². The van der Waals surface area contributed by atoms with Gasteiger partial charge in [-0.1, -0.05) is 86.6 Å². The highest BCUT2D eigenvalue weighted by Gasteiger charge is 2.23. The summed E-state index contributed by atoms with van der Waals surface area (Å²) in [6.45, 7) is 5.91. The van der Waals surface area contributed by atoms with Crippen molar-refractivity contribution in [2.24, 2.45) is 0 Å². The zero-order valence-corrected chi connectivity index (χ0v) is 28.6. The number of amides is 3. The molecule has 5 aromatic rings. The Morgan fingerprint density at radius 3 is 2.00 bits per heavy atom. The van der Waals surface area contributed by atoms with Crippen molar-refractivity contribution in [1.29, 1.82) is 0 Å². The molecule has 0 saturated heterocycles. The van der Waals surface area contributed by atoms with Gasteiger partial charge in [0.1, 0.15) is 10.9 Å². The molecule has 5 aromatic carbocycles. The summed E-state index contributed by atoms with van der Waals surface area (Å²) in [5.74, 6) is -0.846. The number of benzene rings is 5. The van der Waals surface area contributed by atoms with Crippen LogP contribution in [0.2, 0.25) is 0 Å². The van der Waals surface area contributed by atoms with Crippen molar-refractivity contribution in [3.63, 3.8) is 0 Å². The molecule has 0 heterocycles. The maximum absolute atomic E-state index is 13.6. The van der Waals surface area contributed by atoms with Gasteiger partial charge in [-0.3, -0.25) is 24.5 Å². The summed E-state index contributed by atoms with van der Waals surface area (Å²) in [5.41, 5.74) is 4.70. The highest BCUT2D eigenvalue weighted by molar-refractivity contribution is 8.00. The lowest BCUT2D eigenvalue weighted by Gasteiger charge is -2.18. The number of aryl methyl sites for hydroxylation is 1. The molecule has 252 valence electrons. The van der Waals surface area contributed by atoms with Crippen molar-refractivity contribution in [1.82, 2.24) is 5.32 Å². The van der Waals surface area contributed by atoms with Crippen LogP contribution in [-0.2, 0) is 9.59 Å². The number of rotatable bonds is 12. The average Bonchev–Trinajstić information content (AvgIpc) is 3.12. The predicted molar refractivity (Wildman–Crippen MR) is 199 cm³/mol. The van der Waals surface area contributed by atoms with Gasteiger partial charge in [0, 0.05) is 34.0 Å². The van der Waals surface area contributed by atoms with Crippen molar-refractivity contribution < 1.29 is 19.3 Å². The largest absolute Gasteiger partial charge is 0.325 e. The Hall–Kier alpha value is -6.00. The normalized spacial score (nSPS) is 11.8. The molecule has 5 rings (SSSR count). The Morgan fingerprint density at radius 2 is 1.40 bits per heavy atom. The number of non-ortho nitro benzene ring substituents is 1. The number of thioether (sulfide) groups is 1. The number of nitro groups is 1. The summed E-state index contributed by atoms with van der Waals surface area (Å²) < 4.78 is 0. The van der Waals surface area contributed by atoms with E-state index in [4.69, 9.17) is 0 Å². The van der Waals surface area contributed by atoms with Crippen LogP contribution in [0.1, 0.15) is 57.6 Å². The Kier molecular flexibility index (Phi) is 11.6. The van der Waals surface area contributed by atoms with Gasteiger partial charge in [0.25, 0.3) is 17.5 Å². The van der Waals surface area contributed by atoms with Gasteiger partial charge in [-0.25, -0.2) is 0 Å². The van der Waals surface area contributed by atoms with Crippen LogP contribution in [0.15, 0.2) is 138 Å². The molecule has 9 nitrogen and oxygen atoms in total. The third-order valence-electron chi connectivity index (χ3n) is 7.83. The summed E-state index contributed by atoms with van der Waals surface area (Å²) in [4.78, 5) is 51.7. The Morgan fingerprint density at radius 1 is 0.760 bits per heavy atom. The summed E-state index contributed by atoms with van der Waals surface area (Å²) in [6, 6.07) is 37.2. The molecule has 1 atom stereocenters. The van der Waals surface area contributed by atoms with E-state index in [1.807, 2.05) is 60.7 Å². The quantitative estimate of drug-likeness (QED) is 0.0521. The molecule has 0 radical (unpaired) electrons. The molecule has 10 heteroatoms. The second-order valence-corrected chi connectivity index (χ2v) is 13.0. The van der Waals surface area contributed by atoms with Crippen molar-refractivity contribution in [3.05, 3.63) is 171 Å². The van der Waals surface area contributed by atoms with Gasteiger partial charge in [-0.2, -0.15) is 0 Å². The summed E-state index contributed by atoms with van der Waals surface area (Å²) in [7, 11) is 0. The fourth-order valence-corrected chi connectivity index (χ4v) is 6.06. The first-order valence-corrected chi connectivity index (χ1v) is 16.8. The molecule has 1 unspecified atom stereocenters. The van der Waals surface area contributed by atoms with Crippen LogP contribution >= 0.6 is 11.8 Å². The maximum atomic E-state index is 13.6. The van der Waals surface area contributed by atoms with E-state index in [0.717, 1.165) is 21.6 Å². The first-order valence-electron chi connectivity index (χ1n) is 15.9. The summed E-state index contributed by atoms with van der Waals surface area (Å²) in [5, 5.41) is 19.1. The van der Waals surface area contributed by atoms with Crippen LogP contribution in [0, 0.1) is 17.0 Å². The topological polar surface area (TPSA) is 130 Å². The SMILES string of the molecule is Cc1cc([N+](=O)[O-])ccc1NC(=O)C(Sc1ccc(NC(=O)/C(=C/c2ccc(C(C)C)cc2)NC(=O)c2ccccc2)cc1)c1ccccc1. The number of hydrogen-bond donors (Lipinski definition) is 3. The van der Waals surface area contributed by atoms with E-state index >= 15 is 0 Å². The minimum Gasteiger partial charge on any atom is -0.325 e. The molecule has 3 amide bonds. The number of nitrogens with zero attached hydrogens (tertiary/aromatic N) is 1. The van der Waals surface area contributed by atoms with Crippen molar-refractivity contribution in [2.75, 3.05) is 10.6 Å². The first kappa shape index (κ1) is 35.3. The van der Waals surface area contributed by atoms with Crippen LogP contribution in [-0.4, -0.2) is 22.6 Å². The van der Waals surface area contributed by atoms with E-state index < -0.39 is 22.0 Å². The van der Waals surface area contributed by atoms with Crippen LogP contribution in [0.25, 0.3) is 6.08 Å². The van der Waals surface area contributed by atoms with Gasteiger partial charge in [0.15, 0.2) is 0 Å². The average molecular weight is 685 g/mol. The van der Waals surface area contributed by atoms with E-state index in [-0.39, 0.29) is 17.3 Å². The molecular formula is C40H36N4O5S. The molecule has 0 aliphatic rings. The molecule has 0 spiro atoms. The highest BCUT2D eigenvalue weighted by Crippen LogP contribution is 2.37. The Balaban J connectivity index is 1.33.